The summed E-state index contributed by atoms with van der Waals surface area (Å²) in [5, 5.41) is 24.0. The molecular formula is C26H27N9O8S3. The molecule has 4 heterocycles. The topological polar surface area (TPSA) is 243 Å². The summed E-state index contributed by atoms with van der Waals surface area (Å²) in [6.07, 6.45) is 2.73. The van der Waals surface area contributed by atoms with Gasteiger partial charge in [0, 0.05) is 31.7 Å². The summed E-state index contributed by atoms with van der Waals surface area (Å²) in [7, 11) is 1.83. The maximum absolute atomic E-state index is 13.9. The van der Waals surface area contributed by atoms with Crippen molar-refractivity contribution < 1.29 is 34.2 Å². The number of fused-ring (bicyclic) bond motifs is 1. The number of urea groups is 1. The number of amides is 5. The number of aromatic amines is 1. The van der Waals surface area contributed by atoms with Crippen molar-refractivity contribution in [1.29, 1.82) is 0 Å². The highest BCUT2D eigenvalue weighted by molar-refractivity contribution is 8.21. The summed E-state index contributed by atoms with van der Waals surface area (Å²) in [6, 6.07) is 1.13. The number of hydrazine groups is 1. The van der Waals surface area contributed by atoms with E-state index in [4.69, 9.17) is 5.73 Å². The van der Waals surface area contributed by atoms with E-state index >= 15 is 0 Å². The first-order chi connectivity index (χ1) is 21.8. The third-order valence-electron chi connectivity index (χ3n) is 6.81. The van der Waals surface area contributed by atoms with Gasteiger partial charge in [0.25, 0.3) is 11.5 Å². The Balaban J connectivity index is 1.41. The minimum atomic E-state index is -1.63. The second-order valence-electron chi connectivity index (χ2n) is 9.95. The predicted molar refractivity (Wildman–Crippen MR) is 171 cm³/mol. The van der Waals surface area contributed by atoms with Crippen molar-refractivity contribution in [3.63, 3.8) is 0 Å². The van der Waals surface area contributed by atoms with Crippen molar-refractivity contribution in [2.75, 3.05) is 28.8 Å². The SMILES string of the molecule is CC(=O)Nc1ncc(N(C(N)=O)C(C(=O)NC2C(=O)N3C(C(=O)O)=C(CSC4=CNN(C)S4)CS[C@@H]23)c2ccc(O)cc2)c(=O)[nH]1. The van der Waals surface area contributed by atoms with Gasteiger partial charge in [0.2, 0.25) is 17.8 Å². The first kappa shape index (κ1) is 32.7. The Bertz CT molecular complexity index is 1730. The molecule has 1 saturated heterocycles. The number of primary amides is 1. The Kier molecular flexibility index (Phi) is 9.51. The van der Waals surface area contributed by atoms with E-state index in [1.165, 1.54) is 66.7 Å². The van der Waals surface area contributed by atoms with Crippen molar-refractivity contribution in [2.24, 2.45) is 5.73 Å². The number of hydrogen-bond donors (Lipinski definition) is 7. The van der Waals surface area contributed by atoms with Crippen LogP contribution >= 0.6 is 35.5 Å². The van der Waals surface area contributed by atoms with Gasteiger partial charge in [0.1, 0.15) is 34.6 Å². The van der Waals surface area contributed by atoms with Crippen LogP contribution in [-0.4, -0.2) is 89.2 Å². The molecule has 5 amide bonds. The number of aromatic nitrogens is 2. The molecule has 1 aromatic carbocycles. The van der Waals surface area contributed by atoms with E-state index in [1.807, 2.05) is 7.05 Å². The van der Waals surface area contributed by atoms with Crippen LogP contribution in [0, 0.1) is 0 Å². The van der Waals surface area contributed by atoms with Gasteiger partial charge in [0.15, 0.2) is 0 Å². The van der Waals surface area contributed by atoms with E-state index in [9.17, 15) is 39.0 Å². The molecule has 2 unspecified atom stereocenters. The number of aromatic hydroxyl groups is 1. The lowest BCUT2D eigenvalue weighted by Gasteiger charge is -2.49. The molecule has 20 heteroatoms. The molecule has 0 spiro atoms. The van der Waals surface area contributed by atoms with E-state index < -0.39 is 58.4 Å². The fraction of sp³-hybridized carbons (Fsp3) is 0.269. The van der Waals surface area contributed by atoms with Gasteiger partial charge in [-0.1, -0.05) is 12.1 Å². The largest absolute Gasteiger partial charge is 0.508 e. The highest BCUT2D eigenvalue weighted by atomic mass is 32.2. The monoisotopic (exact) mass is 689 g/mol. The Morgan fingerprint density at radius 2 is 1.96 bits per heavy atom. The molecule has 0 aliphatic carbocycles. The lowest BCUT2D eigenvalue weighted by molar-refractivity contribution is -0.150. The minimum absolute atomic E-state index is 0.115. The molecule has 3 aliphatic rings. The average Bonchev–Trinajstić information content (AvgIpc) is 3.42. The smallest absolute Gasteiger partial charge is 0.352 e. The number of thioether (sulfide) groups is 2. The number of hydrogen-bond acceptors (Lipinski definition) is 13. The number of phenols is 1. The van der Waals surface area contributed by atoms with Crippen LogP contribution in [0.15, 0.2) is 57.0 Å². The van der Waals surface area contributed by atoms with Gasteiger partial charge in [-0.3, -0.25) is 39.3 Å². The Morgan fingerprint density at radius 1 is 1.24 bits per heavy atom. The first-order valence-electron chi connectivity index (χ1n) is 13.3. The normalized spacial score (nSPS) is 19.7. The number of H-pyrrole nitrogens is 1. The summed E-state index contributed by atoms with van der Waals surface area (Å²) < 4.78 is 2.70. The van der Waals surface area contributed by atoms with Crippen LogP contribution in [0.3, 0.4) is 0 Å². The number of phenolic OH excluding ortho intramolecular Hbond substituents is 1. The van der Waals surface area contributed by atoms with Gasteiger partial charge in [0.05, 0.1) is 10.4 Å². The molecule has 5 rings (SSSR count). The summed E-state index contributed by atoms with van der Waals surface area (Å²) >= 11 is 4.14. The van der Waals surface area contributed by atoms with Crippen LogP contribution < -0.4 is 32.3 Å². The van der Waals surface area contributed by atoms with Crippen LogP contribution in [0.4, 0.5) is 16.4 Å². The molecule has 3 atom stereocenters. The number of carbonyl (C=O) groups is 5. The van der Waals surface area contributed by atoms with Crippen LogP contribution in [-0.2, 0) is 19.2 Å². The van der Waals surface area contributed by atoms with Gasteiger partial charge >= 0.3 is 12.0 Å². The second kappa shape index (κ2) is 13.4. The molecular weight excluding hydrogens is 663 g/mol. The fourth-order valence-corrected chi connectivity index (χ4v) is 8.20. The number of carboxylic acids is 1. The zero-order chi connectivity index (χ0) is 33.3. The zero-order valence-corrected chi connectivity index (χ0v) is 26.5. The second-order valence-corrected chi connectivity index (χ2v) is 13.5. The Morgan fingerprint density at radius 3 is 2.54 bits per heavy atom. The summed E-state index contributed by atoms with van der Waals surface area (Å²) in [5.41, 5.74) is 7.81. The molecule has 2 aromatic rings. The number of nitrogens with zero attached hydrogens (tertiary/aromatic N) is 4. The lowest BCUT2D eigenvalue weighted by atomic mass is 10.00. The van der Waals surface area contributed by atoms with Gasteiger partial charge in [-0.25, -0.2) is 14.6 Å². The number of benzene rings is 1. The molecule has 0 saturated carbocycles. The summed E-state index contributed by atoms with van der Waals surface area (Å²) in [5.74, 6) is -3.14. The third-order valence-corrected chi connectivity index (χ3v) is 10.3. The molecule has 46 heavy (non-hydrogen) atoms. The molecule has 8 N–H and O–H groups in total. The van der Waals surface area contributed by atoms with E-state index in [0.29, 0.717) is 16.2 Å². The number of anilines is 2. The number of nitrogens with one attached hydrogen (secondary N) is 4. The molecule has 1 fully saturated rings. The Labute approximate surface area is 273 Å². The van der Waals surface area contributed by atoms with Crippen molar-refractivity contribution >= 4 is 76.8 Å². The summed E-state index contributed by atoms with van der Waals surface area (Å²) in [6.45, 7) is 1.20. The molecule has 17 nitrogen and oxygen atoms in total. The van der Waals surface area contributed by atoms with Gasteiger partial charge in [-0.05, 0) is 35.2 Å². The van der Waals surface area contributed by atoms with Crippen LogP contribution in [0.5, 0.6) is 5.75 Å². The first-order valence-corrected chi connectivity index (χ1v) is 16.1. The van der Waals surface area contributed by atoms with Gasteiger partial charge < -0.3 is 26.7 Å². The minimum Gasteiger partial charge on any atom is -0.508 e. The standard InChI is InChI=1S/C26H27N9O8S3/c1-11(36)30-26-28-7-15(20(38)32-26)34(25(27)43)18(12-3-5-14(37)6-4-12)21(39)31-17-22(40)35-19(24(41)42)13(10-45-23(17)35)9-44-16-8-29-33(2)46-16/h3-8,17-18,23,29,37H,9-10H2,1-2H3,(H2,27,43)(H,31,39)(H,41,42)(H2,28,30,32,36,38)/t17?,18?,23-/m0/s1. The molecule has 1 aromatic heterocycles. The van der Waals surface area contributed by atoms with Crippen LogP contribution in [0.25, 0.3) is 0 Å². The maximum atomic E-state index is 13.9. The third kappa shape index (κ3) is 6.64. The number of aliphatic carboxylic acids is 1. The quantitative estimate of drug-likeness (QED) is 0.132. The Hall–Kier alpha value is -4.66. The molecule has 0 radical (unpaired) electrons. The fourth-order valence-electron chi connectivity index (χ4n) is 4.83. The van der Waals surface area contributed by atoms with Crippen molar-refractivity contribution in [2.45, 2.75) is 24.4 Å². The molecule has 242 valence electrons. The van der Waals surface area contributed by atoms with Crippen molar-refractivity contribution in [3.8, 4) is 5.75 Å². The van der Waals surface area contributed by atoms with E-state index in [1.54, 1.807) is 10.6 Å². The van der Waals surface area contributed by atoms with Crippen LogP contribution in [0.1, 0.15) is 18.5 Å². The number of rotatable bonds is 10. The van der Waals surface area contributed by atoms with Gasteiger partial charge in [-0.2, -0.15) is 4.41 Å². The van der Waals surface area contributed by atoms with E-state index in [0.717, 1.165) is 15.3 Å². The predicted octanol–water partition coefficient (Wildman–Crippen LogP) is 0.429. The number of carboxylic acid groups (broad SMARTS) is 1. The zero-order valence-electron chi connectivity index (χ0n) is 24.0. The van der Waals surface area contributed by atoms with E-state index in [-0.39, 0.29) is 28.7 Å². The average molecular weight is 690 g/mol. The maximum Gasteiger partial charge on any atom is 0.352 e. The highest BCUT2D eigenvalue weighted by Crippen LogP contribution is 2.43. The van der Waals surface area contributed by atoms with Crippen molar-refractivity contribution in [3.05, 3.63) is 68.1 Å². The number of carbonyl (C=O) groups excluding carboxylic acids is 4. The molecule has 3 aliphatic heterocycles. The number of nitrogens with two attached hydrogens (primary N) is 1. The van der Waals surface area contributed by atoms with Gasteiger partial charge in [-0.15, -0.1) is 23.5 Å². The van der Waals surface area contributed by atoms with E-state index in [2.05, 4.69) is 26.0 Å². The summed E-state index contributed by atoms with van der Waals surface area (Å²) in [4.78, 5) is 84.8. The number of β-lactam (4-membered cyclic amide) rings is 1. The lowest BCUT2D eigenvalue weighted by Crippen LogP contribution is -2.71. The molecule has 0 bridgehead atoms. The van der Waals surface area contributed by atoms with Crippen LogP contribution in [0.2, 0.25) is 0 Å². The highest BCUT2D eigenvalue weighted by Gasteiger charge is 2.55. The van der Waals surface area contributed by atoms with Crippen molar-refractivity contribution in [1.82, 2.24) is 30.0 Å².